The Labute approximate surface area is 189 Å². The molecule has 1 aromatic carbocycles. The number of carbonyl (C=O) groups is 1. The fourth-order valence-electron chi connectivity index (χ4n) is 3.52. The summed E-state index contributed by atoms with van der Waals surface area (Å²) in [4.78, 5) is 28.2. The number of fused-ring (bicyclic) bond motifs is 1. The number of piperidine rings is 1. The molecule has 1 aliphatic rings. The van der Waals surface area contributed by atoms with Gasteiger partial charge in [-0.25, -0.2) is 9.97 Å². The Hall–Kier alpha value is -2.59. The van der Waals surface area contributed by atoms with Crippen molar-refractivity contribution in [2.75, 3.05) is 38.0 Å². The highest BCUT2D eigenvalue weighted by Gasteiger charge is 2.18. The maximum atomic E-state index is 12.5. The maximum absolute atomic E-state index is 12.5. The number of amides is 1. The van der Waals surface area contributed by atoms with Crippen molar-refractivity contribution in [3.63, 3.8) is 0 Å². The summed E-state index contributed by atoms with van der Waals surface area (Å²) in [6.07, 6.45) is 5.19. The van der Waals surface area contributed by atoms with Crippen LogP contribution in [0.3, 0.4) is 0 Å². The third-order valence-corrected chi connectivity index (χ3v) is 7.31. The quantitative estimate of drug-likeness (QED) is 0.404. The van der Waals surface area contributed by atoms with Crippen molar-refractivity contribution in [1.82, 2.24) is 20.3 Å². The van der Waals surface area contributed by atoms with Crippen LogP contribution >= 0.6 is 23.1 Å². The SMILES string of the molecule is COc1cccc(CNC(=O)CSc2ncnc3nc(N4CCCCC4)sc23)c1OC. The van der Waals surface area contributed by atoms with Crippen molar-refractivity contribution in [2.24, 2.45) is 0 Å². The second kappa shape index (κ2) is 10.1. The number of thiazole rings is 1. The molecule has 0 aliphatic carbocycles. The van der Waals surface area contributed by atoms with E-state index >= 15 is 0 Å². The van der Waals surface area contributed by atoms with Gasteiger partial charge in [0.25, 0.3) is 0 Å². The van der Waals surface area contributed by atoms with Crippen molar-refractivity contribution in [3.05, 3.63) is 30.1 Å². The lowest BCUT2D eigenvalue weighted by Gasteiger charge is -2.25. The first kappa shape index (κ1) is 21.6. The molecular formula is C21H25N5O3S2. The van der Waals surface area contributed by atoms with Gasteiger partial charge in [0.05, 0.1) is 20.0 Å². The fourth-order valence-corrected chi connectivity index (χ4v) is 5.49. The van der Waals surface area contributed by atoms with Gasteiger partial charge >= 0.3 is 0 Å². The molecule has 1 saturated heterocycles. The summed E-state index contributed by atoms with van der Waals surface area (Å²) in [5, 5.41) is 4.72. The molecule has 10 heteroatoms. The van der Waals surface area contributed by atoms with Crippen LogP contribution in [0.5, 0.6) is 11.5 Å². The van der Waals surface area contributed by atoms with Crippen LogP contribution in [-0.4, -0.2) is 53.9 Å². The molecule has 164 valence electrons. The van der Waals surface area contributed by atoms with Crippen LogP contribution in [0.1, 0.15) is 24.8 Å². The zero-order valence-electron chi connectivity index (χ0n) is 17.6. The summed E-state index contributed by atoms with van der Waals surface area (Å²) in [5.41, 5.74) is 1.56. The van der Waals surface area contributed by atoms with Crippen LogP contribution in [0.25, 0.3) is 10.3 Å². The monoisotopic (exact) mass is 459 g/mol. The number of hydrogen-bond donors (Lipinski definition) is 1. The van der Waals surface area contributed by atoms with Gasteiger partial charge in [-0.3, -0.25) is 4.79 Å². The van der Waals surface area contributed by atoms with Gasteiger partial charge in [0.1, 0.15) is 16.1 Å². The molecule has 0 saturated carbocycles. The first-order valence-corrected chi connectivity index (χ1v) is 12.0. The second-order valence-electron chi connectivity index (χ2n) is 7.09. The summed E-state index contributed by atoms with van der Waals surface area (Å²) in [5.74, 6) is 1.45. The van der Waals surface area contributed by atoms with Crippen LogP contribution in [0.15, 0.2) is 29.6 Å². The van der Waals surface area contributed by atoms with Gasteiger partial charge in [-0.2, -0.15) is 4.98 Å². The molecule has 1 aliphatic heterocycles. The highest BCUT2D eigenvalue weighted by Crippen LogP contribution is 2.35. The number of thioether (sulfide) groups is 1. The van der Waals surface area contributed by atoms with Crippen molar-refractivity contribution in [3.8, 4) is 11.5 Å². The van der Waals surface area contributed by atoms with E-state index in [9.17, 15) is 4.79 Å². The maximum Gasteiger partial charge on any atom is 0.230 e. The van der Waals surface area contributed by atoms with Crippen molar-refractivity contribution in [2.45, 2.75) is 30.8 Å². The van der Waals surface area contributed by atoms with E-state index in [-0.39, 0.29) is 11.7 Å². The van der Waals surface area contributed by atoms with Crippen LogP contribution in [0.2, 0.25) is 0 Å². The molecule has 2 aromatic heterocycles. The van der Waals surface area contributed by atoms with Crippen LogP contribution in [0.4, 0.5) is 5.13 Å². The Morgan fingerprint density at radius 1 is 1.19 bits per heavy atom. The normalized spacial score (nSPS) is 13.9. The van der Waals surface area contributed by atoms with Gasteiger partial charge in [-0.15, -0.1) is 0 Å². The van der Waals surface area contributed by atoms with Crippen LogP contribution < -0.4 is 19.7 Å². The summed E-state index contributed by atoms with van der Waals surface area (Å²) in [7, 11) is 3.18. The Morgan fingerprint density at radius 3 is 2.81 bits per heavy atom. The minimum Gasteiger partial charge on any atom is -0.493 e. The molecule has 0 unspecified atom stereocenters. The number of para-hydroxylation sites is 1. The van der Waals surface area contributed by atoms with E-state index in [0.717, 1.165) is 33.5 Å². The fraction of sp³-hybridized carbons (Fsp3) is 0.429. The van der Waals surface area contributed by atoms with E-state index in [1.165, 1.54) is 37.4 Å². The van der Waals surface area contributed by atoms with E-state index in [0.29, 0.717) is 23.7 Å². The van der Waals surface area contributed by atoms with Crippen LogP contribution in [-0.2, 0) is 11.3 Å². The van der Waals surface area contributed by atoms with E-state index in [4.69, 9.17) is 9.47 Å². The summed E-state index contributed by atoms with van der Waals surface area (Å²) in [6, 6.07) is 5.61. The van der Waals surface area contributed by atoms with E-state index in [1.54, 1.807) is 25.6 Å². The molecule has 1 N–H and O–H groups in total. The molecule has 0 spiro atoms. The standard InChI is InChI=1S/C21H25N5O3S2/c1-28-15-8-6-7-14(17(15)29-2)11-22-16(27)12-30-20-18-19(23-13-24-20)25-21(31-18)26-9-4-3-5-10-26/h6-8,13H,3-5,9-12H2,1-2H3,(H,22,27). The van der Waals surface area contributed by atoms with Crippen molar-refractivity contribution >= 4 is 44.5 Å². The zero-order chi connectivity index (χ0) is 21.6. The number of methoxy groups -OCH3 is 2. The molecule has 3 aromatic rings. The topological polar surface area (TPSA) is 89.5 Å². The van der Waals surface area contributed by atoms with Crippen molar-refractivity contribution < 1.29 is 14.3 Å². The highest BCUT2D eigenvalue weighted by molar-refractivity contribution is 8.00. The van der Waals surface area contributed by atoms with Gasteiger partial charge in [0.2, 0.25) is 5.91 Å². The second-order valence-corrected chi connectivity index (χ2v) is 9.04. The first-order valence-electron chi connectivity index (χ1n) is 10.2. The first-order chi connectivity index (χ1) is 15.2. The van der Waals surface area contributed by atoms with Gasteiger partial charge in [-0.1, -0.05) is 35.2 Å². The lowest BCUT2D eigenvalue weighted by atomic mass is 10.1. The molecular weight excluding hydrogens is 434 g/mol. The molecule has 4 rings (SSSR count). The predicted molar refractivity (Wildman–Crippen MR) is 123 cm³/mol. The van der Waals surface area contributed by atoms with Crippen molar-refractivity contribution in [1.29, 1.82) is 0 Å². The largest absolute Gasteiger partial charge is 0.493 e. The molecule has 1 fully saturated rings. The average Bonchev–Trinajstić information content (AvgIpc) is 3.26. The number of rotatable bonds is 8. The van der Waals surface area contributed by atoms with E-state index in [2.05, 4.69) is 25.2 Å². The number of hydrogen-bond acceptors (Lipinski definition) is 9. The van der Waals surface area contributed by atoms with Gasteiger partial charge in [0, 0.05) is 25.2 Å². The number of benzene rings is 1. The number of anilines is 1. The zero-order valence-corrected chi connectivity index (χ0v) is 19.2. The molecule has 0 atom stereocenters. The summed E-state index contributed by atoms with van der Waals surface area (Å²) < 4.78 is 11.7. The number of ether oxygens (including phenoxy) is 2. The van der Waals surface area contributed by atoms with E-state index in [1.807, 2.05) is 18.2 Å². The average molecular weight is 460 g/mol. The molecule has 31 heavy (non-hydrogen) atoms. The number of nitrogens with zero attached hydrogens (tertiary/aromatic N) is 4. The van der Waals surface area contributed by atoms with E-state index < -0.39 is 0 Å². The molecule has 3 heterocycles. The molecule has 1 amide bonds. The Balaban J connectivity index is 1.39. The minimum atomic E-state index is -0.0811. The smallest absolute Gasteiger partial charge is 0.230 e. The predicted octanol–water partition coefficient (Wildman–Crippen LogP) is 3.50. The highest BCUT2D eigenvalue weighted by atomic mass is 32.2. The molecule has 0 bridgehead atoms. The van der Waals surface area contributed by atoms with Gasteiger partial charge in [0.15, 0.2) is 22.3 Å². The third kappa shape index (κ3) is 5.01. The molecule has 8 nitrogen and oxygen atoms in total. The molecule has 0 radical (unpaired) electrons. The Kier molecular flexibility index (Phi) is 7.08. The number of carbonyl (C=O) groups excluding carboxylic acids is 1. The third-order valence-electron chi connectivity index (χ3n) is 5.07. The number of aromatic nitrogens is 3. The lowest BCUT2D eigenvalue weighted by molar-refractivity contribution is -0.118. The Bertz CT molecular complexity index is 1050. The number of nitrogens with one attached hydrogen (secondary N) is 1. The summed E-state index contributed by atoms with van der Waals surface area (Å²) in [6.45, 7) is 2.43. The van der Waals surface area contributed by atoms with Gasteiger partial charge in [-0.05, 0) is 25.3 Å². The Morgan fingerprint density at radius 2 is 2.03 bits per heavy atom. The van der Waals surface area contributed by atoms with Crippen LogP contribution in [0, 0.1) is 0 Å². The minimum absolute atomic E-state index is 0.0811. The lowest BCUT2D eigenvalue weighted by Crippen LogP contribution is -2.29. The summed E-state index contributed by atoms with van der Waals surface area (Å²) >= 11 is 3.01. The van der Waals surface area contributed by atoms with Gasteiger partial charge < -0.3 is 19.7 Å².